The van der Waals surface area contributed by atoms with Gasteiger partial charge in [-0.15, -0.1) is 0 Å². The zero-order valence-corrected chi connectivity index (χ0v) is 19.2. The molecule has 0 radical (unpaired) electrons. The molecule has 0 saturated carbocycles. The van der Waals surface area contributed by atoms with Crippen molar-refractivity contribution in [3.63, 3.8) is 0 Å². The van der Waals surface area contributed by atoms with E-state index in [1.54, 1.807) is 5.70 Å². The SMILES string of the molecule is CCCCCCC=C[C@H]1CC=C(N2CCCC2)[C@@H]1CCCCCCC(=O)OCC. The third-order valence-electron chi connectivity index (χ3n) is 6.53. The molecule has 0 aromatic heterocycles. The van der Waals surface area contributed by atoms with Crippen molar-refractivity contribution in [3.05, 3.63) is 23.9 Å². The van der Waals surface area contributed by atoms with Gasteiger partial charge in [-0.05, 0) is 57.8 Å². The van der Waals surface area contributed by atoms with Crippen LogP contribution in [-0.4, -0.2) is 30.6 Å². The van der Waals surface area contributed by atoms with Crippen LogP contribution in [0.1, 0.15) is 104 Å². The quantitative estimate of drug-likeness (QED) is 0.167. The lowest BCUT2D eigenvalue weighted by molar-refractivity contribution is -0.143. The highest BCUT2D eigenvalue weighted by atomic mass is 16.5. The summed E-state index contributed by atoms with van der Waals surface area (Å²) in [6, 6.07) is 0. The van der Waals surface area contributed by atoms with Crippen molar-refractivity contribution >= 4 is 5.97 Å². The predicted molar refractivity (Wildman–Crippen MR) is 123 cm³/mol. The first-order chi connectivity index (χ1) is 14.3. The van der Waals surface area contributed by atoms with Crippen molar-refractivity contribution in [3.8, 4) is 0 Å². The maximum atomic E-state index is 11.5. The second-order valence-corrected chi connectivity index (χ2v) is 8.86. The van der Waals surface area contributed by atoms with E-state index < -0.39 is 0 Å². The van der Waals surface area contributed by atoms with Crippen LogP contribution in [0.2, 0.25) is 0 Å². The highest BCUT2D eigenvalue weighted by molar-refractivity contribution is 5.69. The Morgan fingerprint density at radius 2 is 1.83 bits per heavy atom. The van der Waals surface area contributed by atoms with Gasteiger partial charge in [0.1, 0.15) is 0 Å². The van der Waals surface area contributed by atoms with Crippen LogP contribution in [-0.2, 0) is 9.53 Å². The number of nitrogens with zero attached hydrogens (tertiary/aromatic N) is 1. The monoisotopic (exact) mass is 403 g/mol. The van der Waals surface area contributed by atoms with Gasteiger partial charge in [0.25, 0.3) is 0 Å². The molecule has 1 aliphatic heterocycles. The van der Waals surface area contributed by atoms with Gasteiger partial charge < -0.3 is 9.64 Å². The van der Waals surface area contributed by atoms with Gasteiger partial charge in [-0.2, -0.15) is 0 Å². The first-order valence-corrected chi connectivity index (χ1v) is 12.5. The lowest BCUT2D eigenvalue weighted by atomic mass is 9.87. The van der Waals surface area contributed by atoms with Crippen LogP contribution >= 0.6 is 0 Å². The predicted octanol–water partition coefficient (Wildman–Crippen LogP) is 7.03. The lowest BCUT2D eigenvalue weighted by Gasteiger charge is -2.28. The number of hydrogen-bond acceptors (Lipinski definition) is 3. The molecule has 2 aliphatic rings. The van der Waals surface area contributed by atoms with Crippen LogP contribution in [0.3, 0.4) is 0 Å². The summed E-state index contributed by atoms with van der Waals surface area (Å²) >= 11 is 0. The molecule has 1 aliphatic carbocycles. The van der Waals surface area contributed by atoms with Crippen molar-refractivity contribution in [2.75, 3.05) is 19.7 Å². The standard InChI is InChI=1S/C26H45NO2/c1-3-5-6-7-8-11-16-23-19-20-25(27-21-14-15-22-27)24(23)17-12-9-10-13-18-26(28)29-4-2/h11,16,20,23-24H,3-10,12-15,17-19,21-22H2,1-2H3/t23-,24+/m0/s1. The Morgan fingerprint density at radius 1 is 1.07 bits per heavy atom. The average molecular weight is 404 g/mol. The average Bonchev–Trinajstić information content (AvgIpc) is 3.37. The van der Waals surface area contributed by atoms with Crippen LogP contribution in [0, 0.1) is 11.8 Å². The van der Waals surface area contributed by atoms with E-state index >= 15 is 0 Å². The maximum Gasteiger partial charge on any atom is 0.305 e. The van der Waals surface area contributed by atoms with E-state index in [9.17, 15) is 4.79 Å². The molecule has 2 rings (SSSR count). The van der Waals surface area contributed by atoms with Crippen molar-refractivity contribution in [2.24, 2.45) is 11.8 Å². The van der Waals surface area contributed by atoms with E-state index in [-0.39, 0.29) is 5.97 Å². The summed E-state index contributed by atoms with van der Waals surface area (Å²) < 4.78 is 5.02. The number of ether oxygens (including phenoxy) is 1. The minimum absolute atomic E-state index is 0.0355. The van der Waals surface area contributed by atoms with E-state index in [0.717, 1.165) is 12.8 Å². The largest absolute Gasteiger partial charge is 0.466 e. The Morgan fingerprint density at radius 3 is 2.59 bits per heavy atom. The summed E-state index contributed by atoms with van der Waals surface area (Å²) in [7, 11) is 0. The highest BCUT2D eigenvalue weighted by Crippen LogP contribution is 2.39. The first-order valence-electron chi connectivity index (χ1n) is 12.5. The first kappa shape index (κ1) is 24.0. The van der Waals surface area contributed by atoms with Gasteiger partial charge in [-0.1, -0.05) is 63.7 Å². The van der Waals surface area contributed by atoms with Gasteiger partial charge >= 0.3 is 5.97 Å². The van der Waals surface area contributed by atoms with E-state index in [4.69, 9.17) is 4.74 Å². The summed E-state index contributed by atoms with van der Waals surface area (Å²) in [6.45, 7) is 7.17. The van der Waals surface area contributed by atoms with Crippen LogP contribution in [0.5, 0.6) is 0 Å². The van der Waals surface area contributed by atoms with E-state index in [1.165, 1.54) is 83.7 Å². The van der Waals surface area contributed by atoms with Crippen molar-refractivity contribution < 1.29 is 9.53 Å². The minimum Gasteiger partial charge on any atom is -0.466 e. The van der Waals surface area contributed by atoms with Crippen LogP contribution < -0.4 is 0 Å². The lowest BCUT2D eigenvalue weighted by Crippen LogP contribution is -2.24. The fourth-order valence-electron chi connectivity index (χ4n) is 4.89. The summed E-state index contributed by atoms with van der Waals surface area (Å²) in [5, 5.41) is 0. The van der Waals surface area contributed by atoms with Crippen LogP contribution in [0.25, 0.3) is 0 Å². The zero-order chi connectivity index (χ0) is 20.7. The molecule has 166 valence electrons. The molecular weight excluding hydrogens is 358 g/mol. The number of rotatable bonds is 15. The Bertz CT molecular complexity index is 505. The summed E-state index contributed by atoms with van der Waals surface area (Å²) in [6.07, 6.45) is 24.6. The normalized spacial score (nSPS) is 21.9. The van der Waals surface area contributed by atoms with Crippen molar-refractivity contribution in [2.45, 2.75) is 104 Å². The van der Waals surface area contributed by atoms with E-state index in [1.807, 2.05) is 6.92 Å². The molecule has 2 atom stereocenters. The van der Waals surface area contributed by atoms with Crippen molar-refractivity contribution in [1.29, 1.82) is 0 Å². The number of esters is 1. The highest BCUT2D eigenvalue weighted by Gasteiger charge is 2.31. The molecule has 1 heterocycles. The molecule has 1 saturated heterocycles. The van der Waals surface area contributed by atoms with Gasteiger partial charge in [0.05, 0.1) is 6.61 Å². The second-order valence-electron chi connectivity index (χ2n) is 8.86. The van der Waals surface area contributed by atoms with Crippen LogP contribution in [0.4, 0.5) is 0 Å². The van der Waals surface area contributed by atoms with Crippen LogP contribution in [0.15, 0.2) is 23.9 Å². The number of hydrogen-bond donors (Lipinski definition) is 0. The summed E-state index contributed by atoms with van der Waals surface area (Å²) in [4.78, 5) is 14.1. The minimum atomic E-state index is -0.0355. The fraction of sp³-hybridized carbons (Fsp3) is 0.808. The Hall–Kier alpha value is -1.25. The molecule has 1 fully saturated rings. The molecule has 0 N–H and O–H groups in total. The number of carbonyl (C=O) groups excluding carboxylic acids is 1. The van der Waals surface area contributed by atoms with Gasteiger partial charge in [0, 0.05) is 31.1 Å². The number of allylic oxidation sites excluding steroid dienone is 4. The zero-order valence-electron chi connectivity index (χ0n) is 19.2. The van der Waals surface area contributed by atoms with Gasteiger partial charge in [-0.3, -0.25) is 4.79 Å². The molecular formula is C26H45NO2. The molecule has 3 nitrogen and oxygen atoms in total. The second kappa shape index (κ2) is 14.7. The number of carbonyl (C=O) groups is 1. The molecule has 0 amide bonds. The Kier molecular flexibility index (Phi) is 12.2. The number of unbranched alkanes of at least 4 members (excludes halogenated alkanes) is 7. The molecule has 29 heavy (non-hydrogen) atoms. The molecule has 0 spiro atoms. The van der Waals surface area contributed by atoms with E-state index in [0.29, 0.717) is 24.9 Å². The fourth-order valence-corrected chi connectivity index (χ4v) is 4.89. The third kappa shape index (κ3) is 8.97. The van der Waals surface area contributed by atoms with Gasteiger partial charge in [0.2, 0.25) is 0 Å². The number of likely N-dealkylation sites (tertiary alicyclic amines) is 1. The maximum absolute atomic E-state index is 11.5. The summed E-state index contributed by atoms with van der Waals surface area (Å²) in [5.41, 5.74) is 1.65. The Labute approximate surface area is 180 Å². The van der Waals surface area contributed by atoms with Gasteiger partial charge in [0.15, 0.2) is 0 Å². The molecule has 3 heteroatoms. The smallest absolute Gasteiger partial charge is 0.305 e. The topological polar surface area (TPSA) is 29.5 Å². The third-order valence-corrected chi connectivity index (χ3v) is 6.53. The molecule has 0 bridgehead atoms. The summed E-state index contributed by atoms with van der Waals surface area (Å²) in [5.74, 6) is 1.38. The molecule has 0 aromatic rings. The molecule has 0 unspecified atom stereocenters. The van der Waals surface area contributed by atoms with E-state index in [2.05, 4.69) is 30.1 Å². The Balaban J connectivity index is 1.74. The molecule has 0 aromatic carbocycles. The van der Waals surface area contributed by atoms with Crippen molar-refractivity contribution in [1.82, 2.24) is 4.90 Å². The van der Waals surface area contributed by atoms with Gasteiger partial charge in [-0.25, -0.2) is 0 Å².